The van der Waals surface area contributed by atoms with Gasteiger partial charge in [-0.05, 0) is 24.6 Å². The number of benzene rings is 2. The van der Waals surface area contributed by atoms with E-state index in [9.17, 15) is 0 Å². The van der Waals surface area contributed by atoms with Crippen LogP contribution in [0.3, 0.4) is 0 Å². The zero-order valence-corrected chi connectivity index (χ0v) is 11.2. The van der Waals surface area contributed by atoms with Crippen molar-refractivity contribution in [2.45, 2.75) is 13.0 Å². The Morgan fingerprint density at radius 2 is 1.95 bits per heavy atom. The lowest BCUT2D eigenvalue weighted by Crippen LogP contribution is -2.09. The first-order valence-corrected chi connectivity index (χ1v) is 6.56. The number of fused-ring (bicyclic) bond motifs is 1. The van der Waals surface area contributed by atoms with E-state index < -0.39 is 0 Å². The Hall–Kier alpha value is -2.62. The highest BCUT2D eigenvalue weighted by molar-refractivity contribution is 5.90. The molecule has 100 valence electrons. The topological polar surface area (TPSA) is 63.8 Å². The lowest BCUT2D eigenvalue weighted by Gasteiger charge is -2.16. The molecule has 0 spiro atoms. The van der Waals surface area contributed by atoms with E-state index in [2.05, 4.69) is 22.4 Å². The highest BCUT2D eigenvalue weighted by atomic mass is 15.2. The third kappa shape index (κ3) is 2.40. The van der Waals surface area contributed by atoms with E-state index in [1.165, 1.54) is 0 Å². The van der Waals surface area contributed by atoms with Gasteiger partial charge in [-0.1, -0.05) is 36.4 Å². The number of nitrogens with two attached hydrogens (primary N) is 1. The van der Waals surface area contributed by atoms with Gasteiger partial charge in [-0.15, -0.1) is 5.10 Å². The van der Waals surface area contributed by atoms with Gasteiger partial charge in [0.15, 0.2) is 5.82 Å². The molecule has 3 N–H and O–H groups in total. The lowest BCUT2D eigenvalue weighted by molar-refractivity contribution is 0.866. The van der Waals surface area contributed by atoms with Crippen molar-refractivity contribution in [1.29, 1.82) is 0 Å². The van der Waals surface area contributed by atoms with Crippen molar-refractivity contribution in [3.05, 3.63) is 60.3 Å². The van der Waals surface area contributed by atoms with Crippen LogP contribution in [0.25, 0.3) is 10.8 Å². The van der Waals surface area contributed by atoms with Crippen molar-refractivity contribution in [1.82, 2.24) is 10.2 Å². The molecule has 1 heterocycles. The third-order valence-electron chi connectivity index (χ3n) is 3.33. The van der Waals surface area contributed by atoms with Crippen LogP contribution in [0.1, 0.15) is 18.5 Å². The molecular weight excluding hydrogens is 248 g/mol. The summed E-state index contributed by atoms with van der Waals surface area (Å²) in [5.41, 5.74) is 7.71. The standard InChI is InChI=1S/C16H16N4/c1-11(12-6-4-7-14(17)9-12)19-16-15-8-3-2-5-13(15)10-18-20-16/h2-11H,17H2,1H3,(H,19,20). The van der Waals surface area contributed by atoms with E-state index >= 15 is 0 Å². The molecule has 3 rings (SSSR count). The van der Waals surface area contributed by atoms with Crippen LogP contribution in [0.2, 0.25) is 0 Å². The average Bonchev–Trinajstić information content (AvgIpc) is 2.47. The third-order valence-corrected chi connectivity index (χ3v) is 3.33. The summed E-state index contributed by atoms with van der Waals surface area (Å²) >= 11 is 0. The van der Waals surface area contributed by atoms with Crippen LogP contribution < -0.4 is 11.1 Å². The van der Waals surface area contributed by atoms with Crippen molar-refractivity contribution in [3.63, 3.8) is 0 Å². The normalized spacial score (nSPS) is 12.2. The predicted molar refractivity (Wildman–Crippen MR) is 82.4 cm³/mol. The second kappa shape index (κ2) is 5.17. The molecule has 20 heavy (non-hydrogen) atoms. The van der Waals surface area contributed by atoms with Gasteiger partial charge >= 0.3 is 0 Å². The van der Waals surface area contributed by atoms with Crippen molar-refractivity contribution in [3.8, 4) is 0 Å². The van der Waals surface area contributed by atoms with Gasteiger partial charge in [-0.3, -0.25) is 0 Å². The number of nitrogens with zero attached hydrogens (tertiary/aromatic N) is 2. The minimum Gasteiger partial charge on any atom is -0.399 e. The first-order valence-electron chi connectivity index (χ1n) is 6.56. The van der Waals surface area contributed by atoms with E-state index in [1.807, 2.05) is 48.5 Å². The summed E-state index contributed by atoms with van der Waals surface area (Å²) < 4.78 is 0. The van der Waals surface area contributed by atoms with Gasteiger partial charge in [-0.25, -0.2) is 0 Å². The minimum atomic E-state index is 0.110. The minimum absolute atomic E-state index is 0.110. The fourth-order valence-electron chi connectivity index (χ4n) is 2.25. The molecule has 0 aliphatic heterocycles. The molecule has 0 saturated carbocycles. The Bertz CT molecular complexity index is 734. The molecule has 0 aliphatic rings. The average molecular weight is 264 g/mol. The number of hydrogen-bond donors (Lipinski definition) is 2. The van der Waals surface area contributed by atoms with Crippen molar-refractivity contribution < 1.29 is 0 Å². The molecule has 0 fully saturated rings. The van der Waals surface area contributed by atoms with Crippen LogP contribution in [0, 0.1) is 0 Å². The van der Waals surface area contributed by atoms with Crippen LogP contribution in [0.5, 0.6) is 0 Å². The van der Waals surface area contributed by atoms with Gasteiger partial charge in [0.25, 0.3) is 0 Å². The van der Waals surface area contributed by atoms with E-state index in [-0.39, 0.29) is 6.04 Å². The molecule has 0 amide bonds. The van der Waals surface area contributed by atoms with E-state index in [4.69, 9.17) is 5.73 Å². The Balaban J connectivity index is 1.93. The largest absolute Gasteiger partial charge is 0.399 e. The summed E-state index contributed by atoms with van der Waals surface area (Å²) in [5, 5.41) is 13.8. The highest BCUT2D eigenvalue weighted by Crippen LogP contribution is 2.24. The van der Waals surface area contributed by atoms with Gasteiger partial charge in [0.2, 0.25) is 0 Å². The van der Waals surface area contributed by atoms with Crippen molar-refractivity contribution in [2.24, 2.45) is 0 Å². The molecule has 1 aromatic heterocycles. The van der Waals surface area contributed by atoms with Crippen LogP contribution in [-0.2, 0) is 0 Å². The zero-order chi connectivity index (χ0) is 13.9. The molecule has 4 heteroatoms. The fraction of sp³-hybridized carbons (Fsp3) is 0.125. The fourth-order valence-corrected chi connectivity index (χ4v) is 2.25. The van der Waals surface area contributed by atoms with Gasteiger partial charge in [0.05, 0.1) is 12.2 Å². The SMILES string of the molecule is CC(Nc1nncc2ccccc12)c1cccc(N)c1. The van der Waals surface area contributed by atoms with E-state index in [0.29, 0.717) is 0 Å². The molecular formula is C16H16N4. The quantitative estimate of drug-likeness (QED) is 0.712. The second-order valence-electron chi connectivity index (χ2n) is 4.82. The van der Waals surface area contributed by atoms with Crippen molar-refractivity contribution in [2.75, 3.05) is 11.1 Å². The van der Waals surface area contributed by atoms with E-state index in [0.717, 1.165) is 27.8 Å². The summed E-state index contributed by atoms with van der Waals surface area (Å²) in [7, 11) is 0. The predicted octanol–water partition coefficient (Wildman–Crippen LogP) is 3.39. The van der Waals surface area contributed by atoms with E-state index in [1.54, 1.807) is 6.20 Å². The van der Waals surface area contributed by atoms with Crippen LogP contribution in [-0.4, -0.2) is 10.2 Å². The van der Waals surface area contributed by atoms with Gasteiger partial charge in [-0.2, -0.15) is 5.10 Å². The molecule has 2 aromatic carbocycles. The summed E-state index contributed by atoms with van der Waals surface area (Å²) in [6.07, 6.45) is 1.77. The number of aromatic nitrogens is 2. The maximum atomic E-state index is 5.82. The molecule has 0 bridgehead atoms. The summed E-state index contributed by atoms with van der Waals surface area (Å²) in [6, 6.07) is 16.0. The van der Waals surface area contributed by atoms with Crippen LogP contribution >= 0.6 is 0 Å². The van der Waals surface area contributed by atoms with Gasteiger partial charge in [0.1, 0.15) is 0 Å². The van der Waals surface area contributed by atoms with Crippen LogP contribution in [0.15, 0.2) is 54.7 Å². The second-order valence-corrected chi connectivity index (χ2v) is 4.82. The molecule has 0 aliphatic carbocycles. The highest BCUT2D eigenvalue weighted by Gasteiger charge is 2.09. The molecule has 1 unspecified atom stereocenters. The number of hydrogen-bond acceptors (Lipinski definition) is 4. The smallest absolute Gasteiger partial charge is 0.157 e. The molecule has 3 aromatic rings. The lowest BCUT2D eigenvalue weighted by atomic mass is 10.1. The Kier molecular flexibility index (Phi) is 3.21. The molecule has 1 atom stereocenters. The van der Waals surface area contributed by atoms with Gasteiger partial charge in [0, 0.05) is 16.5 Å². The summed E-state index contributed by atoms with van der Waals surface area (Å²) in [5.74, 6) is 0.790. The number of nitrogens with one attached hydrogen (secondary N) is 1. The number of nitrogen functional groups attached to an aromatic ring is 1. The zero-order valence-electron chi connectivity index (χ0n) is 11.2. The molecule has 0 radical (unpaired) electrons. The monoisotopic (exact) mass is 264 g/mol. The Morgan fingerprint density at radius 3 is 2.80 bits per heavy atom. The summed E-state index contributed by atoms with van der Waals surface area (Å²) in [6.45, 7) is 2.08. The molecule has 0 saturated heterocycles. The maximum absolute atomic E-state index is 5.82. The van der Waals surface area contributed by atoms with Gasteiger partial charge < -0.3 is 11.1 Å². The van der Waals surface area contributed by atoms with Crippen LogP contribution in [0.4, 0.5) is 11.5 Å². The molecule has 4 nitrogen and oxygen atoms in total. The summed E-state index contributed by atoms with van der Waals surface area (Å²) in [4.78, 5) is 0. The van der Waals surface area contributed by atoms with Crippen molar-refractivity contribution >= 4 is 22.3 Å². The maximum Gasteiger partial charge on any atom is 0.157 e. The first-order chi connectivity index (χ1) is 9.74. The Morgan fingerprint density at radius 1 is 1.10 bits per heavy atom. The number of anilines is 2. The number of rotatable bonds is 3. The Labute approximate surface area is 117 Å². The first kappa shape index (κ1) is 12.4.